The van der Waals surface area contributed by atoms with Gasteiger partial charge in [0.25, 0.3) is 0 Å². The van der Waals surface area contributed by atoms with Crippen molar-refractivity contribution in [2.45, 2.75) is 11.5 Å². The van der Waals surface area contributed by atoms with Crippen molar-refractivity contribution in [3.63, 3.8) is 0 Å². The van der Waals surface area contributed by atoms with Crippen molar-refractivity contribution in [1.29, 1.82) is 0 Å². The third-order valence-electron chi connectivity index (χ3n) is 2.44. The summed E-state index contributed by atoms with van der Waals surface area (Å²) in [5.41, 5.74) is 2.70. The average molecular weight is 436 g/mol. The lowest BCUT2D eigenvalue weighted by atomic mass is 10.2. The van der Waals surface area contributed by atoms with Crippen molar-refractivity contribution in [3.8, 4) is 0 Å². The predicted octanol–water partition coefficient (Wildman–Crippen LogP) is 6.94. The second-order valence-corrected chi connectivity index (χ2v) is 9.72. The molecule has 0 aliphatic carbocycles. The van der Waals surface area contributed by atoms with Crippen molar-refractivity contribution in [2.75, 3.05) is 0 Å². The normalized spacial score (nSPS) is 10.6. The summed E-state index contributed by atoms with van der Waals surface area (Å²) in [5, 5.41) is 0. The topological polar surface area (TPSA) is 0 Å². The van der Waals surface area contributed by atoms with Gasteiger partial charge in [-0.3, -0.25) is 0 Å². The smallest absolute Gasteiger partial charge is 0.0308 e. The number of hydrogen-bond acceptors (Lipinski definition) is 3. The Morgan fingerprint density at radius 1 is 0.684 bits per heavy atom. The highest BCUT2D eigenvalue weighted by atomic mass is 79.9. The maximum atomic E-state index is 3.58. The number of rotatable bonds is 6. The van der Waals surface area contributed by atoms with Gasteiger partial charge in [-0.05, 0) is 33.1 Å². The minimum Gasteiger partial charge on any atom is -0.0777 e. The van der Waals surface area contributed by atoms with E-state index < -0.39 is 0 Å². The molecule has 0 heterocycles. The number of halogens is 2. The summed E-state index contributed by atoms with van der Waals surface area (Å²) in [5.74, 6) is 2.05. The van der Waals surface area contributed by atoms with Gasteiger partial charge in [-0.25, -0.2) is 0 Å². The molecule has 2 aromatic rings. The summed E-state index contributed by atoms with van der Waals surface area (Å²) >= 11 is 7.15. The zero-order valence-corrected chi connectivity index (χ0v) is 15.6. The predicted molar refractivity (Wildman–Crippen MR) is 98.5 cm³/mol. The summed E-state index contributed by atoms with van der Waals surface area (Å²) in [4.78, 5) is 0. The lowest BCUT2D eigenvalue weighted by molar-refractivity contribution is 1.39. The molecule has 0 spiro atoms. The van der Waals surface area contributed by atoms with Crippen LogP contribution in [0.3, 0.4) is 0 Å². The lowest BCUT2D eigenvalue weighted by Crippen LogP contribution is -1.80. The summed E-state index contributed by atoms with van der Waals surface area (Å²) in [6.45, 7) is 0. The molecular weight excluding hydrogens is 424 g/mol. The largest absolute Gasteiger partial charge is 0.0777 e. The second kappa shape index (κ2) is 8.67. The Bertz CT molecular complexity index is 484. The third kappa shape index (κ3) is 5.38. The first-order valence-corrected chi connectivity index (χ1v) is 11.1. The van der Waals surface area contributed by atoms with Crippen LogP contribution in [-0.4, -0.2) is 0 Å². The first-order valence-electron chi connectivity index (χ1n) is 5.65. The Kier molecular flexibility index (Phi) is 7.23. The molecule has 19 heavy (non-hydrogen) atoms. The van der Waals surface area contributed by atoms with E-state index in [9.17, 15) is 0 Å². The molecule has 0 fully saturated rings. The second-order valence-electron chi connectivity index (χ2n) is 3.78. The van der Waals surface area contributed by atoms with E-state index in [1.54, 1.807) is 0 Å². The van der Waals surface area contributed by atoms with Crippen molar-refractivity contribution in [2.24, 2.45) is 0 Å². The molecule has 0 aromatic heterocycles. The molecule has 0 nitrogen and oxygen atoms in total. The van der Waals surface area contributed by atoms with Gasteiger partial charge in [0.2, 0.25) is 0 Å². The van der Waals surface area contributed by atoms with E-state index in [1.165, 1.54) is 20.1 Å². The highest BCUT2D eigenvalue weighted by molar-refractivity contribution is 9.11. The maximum Gasteiger partial charge on any atom is 0.0308 e. The van der Waals surface area contributed by atoms with Crippen LogP contribution >= 0.6 is 63.3 Å². The van der Waals surface area contributed by atoms with Crippen LogP contribution in [-0.2, 0) is 11.5 Å². The Morgan fingerprint density at radius 2 is 1.11 bits per heavy atom. The Labute approximate surface area is 142 Å². The van der Waals surface area contributed by atoms with Crippen molar-refractivity contribution >= 4 is 63.3 Å². The fourth-order valence-electron chi connectivity index (χ4n) is 1.44. The van der Waals surface area contributed by atoms with Crippen LogP contribution in [0.2, 0.25) is 0 Å². The molecule has 5 heteroatoms. The van der Waals surface area contributed by atoms with E-state index in [4.69, 9.17) is 0 Å². The standard InChI is InChI=1S/C14H12Br2S3/c15-13-7-3-1-5-11(13)9-17-19-18-10-12-6-2-4-8-14(12)16/h1-8H,9-10H2. The zero-order chi connectivity index (χ0) is 13.5. The van der Waals surface area contributed by atoms with Crippen LogP contribution in [0.4, 0.5) is 0 Å². The van der Waals surface area contributed by atoms with E-state index in [-0.39, 0.29) is 0 Å². The van der Waals surface area contributed by atoms with Gasteiger partial charge in [0.1, 0.15) is 0 Å². The Morgan fingerprint density at radius 3 is 1.53 bits per heavy atom. The molecule has 0 atom stereocenters. The molecule has 0 amide bonds. The van der Waals surface area contributed by atoms with Gasteiger partial charge in [0, 0.05) is 20.5 Å². The first kappa shape index (κ1) is 15.8. The quantitative estimate of drug-likeness (QED) is 0.356. The molecule has 2 aromatic carbocycles. The van der Waals surface area contributed by atoms with E-state index >= 15 is 0 Å². The van der Waals surface area contributed by atoms with Crippen molar-refractivity contribution in [3.05, 3.63) is 68.6 Å². The van der Waals surface area contributed by atoms with Gasteiger partial charge in [-0.1, -0.05) is 89.8 Å². The minimum atomic E-state index is 1.02. The average Bonchev–Trinajstić information content (AvgIpc) is 2.42. The van der Waals surface area contributed by atoms with Gasteiger partial charge in [-0.2, -0.15) is 0 Å². The summed E-state index contributed by atoms with van der Waals surface area (Å²) in [6, 6.07) is 16.8. The molecule has 0 saturated heterocycles. The van der Waals surface area contributed by atoms with E-state index in [1.807, 2.05) is 43.5 Å². The van der Waals surface area contributed by atoms with E-state index in [2.05, 4.69) is 68.3 Å². The molecule has 0 saturated carbocycles. The highest BCUT2D eigenvalue weighted by Gasteiger charge is 2.01. The minimum absolute atomic E-state index is 1.02. The van der Waals surface area contributed by atoms with Crippen molar-refractivity contribution in [1.82, 2.24) is 0 Å². The molecule has 0 unspecified atom stereocenters. The molecule has 0 aliphatic rings. The van der Waals surface area contributed by atoms with Crippen LogP contribution in [0.1, 0.15) is 11.1 Å². The van der Waals surface area contributed by atoms with Crippen LogP contribution in [0.5, 0.6) is 0 Å². The lowest BCUT2D eigenvalue weighted by Gasteiger charge is -2.04. The van der Waals surface area contributed by atoms with Gasteiger partial charge >= 0.3 is 0 Å². The van der Waals surface area contributed by atoms with E-state index in [0.717, 1.165) is 11.5 Å². The van der Waals surface area contributed by atoms with Crippen LogP contribution < -0.4 is 0 Å². The Hall–Kier alpha value is 0.450. The molecular formula is C14H12Br2S3. The van der Waals surface area contributed by atoms with Crippen LogP contribution in [0, 0.1) is 0 Å². The summed E-state index contributed by atoms with van der Waals surface area (Å²) < 4.78 is 2.39. The number of benzene rings is 2. The van der Waals surface area contributed by atoms with Gasteiger partial charge in [-0.15, -0.1) is 0 Å². The highest BCUT2D eigenvalue weighted by Crippen LogP contribution is 2.40. The van der Waals surface area contributed by atoms with Crippen molar-refractivity contribution < 1.29 is 0 Å². The fourth-order valence-corrected chi connectivity index (χ4v) is 6.32. The molecule has 0 radical (unpaired) electrons. The van der Waals surface area contributed by atoms with Gasteiger partial charge < -0.3 is 0 Å². The molecule has 0 N–H and O–H groups in total. The monoisotopic (exact) mass is 434 g/mol. The van der Waals surface area contributed by atoms with Gasteiger partial charge in [0.15, 0.2) is 0 Å². The van der Waals surface area contributed by atoms with Crippen LogP contribution in [0.15, 0.2) is 57.5 Å². The third-order valence-corrected chi connectivity index (χ3v) is 8.05. The summed E-state index contributed by atoms with van der Waals surface area (Å²) in [6.07, 6.45) is 0. The molecule has 2 rings (SSSR count). The molecule has 100 valence electrons. The number of hydrogen-bond donors (Lipinski definition) is 0. The molecule has 0 bridgehead atoms. The maximum absolute atomic E-state index is 3.58. The SMILES string of the molecule is Brc1ccccc1CSSSCc1ccccc1Br. The first-order chi connectivity index (χ1) is 9.27. The fraction of sp³-hybridized carbons (Fsp3) is 0.143. The van der Waals surface area contributed by atoms with Gasteiger partial charge in [0.05, 0.1) is 0 Å². The molecule has 0 aliphatic heterocycles. The Balaban J connectivity index is 1.71. The van der Waals surface area contributed by atoms with E-state index in [0.29, 0.717) is 0 Å². The van der Waals surface area contributed by atoms with Crippen LogP contribution in [0.25, 0.3) is 0 Å². The summed E-state index contributed by atoms with van der Waals surface area (Å²) in [7, 11) is 5.61. The zero-order valence-electron chi connectivity index (χ0n) is 10.0.